The Bertz CT molecular complexity index is 1080. The highest BCUT2D eigenvalue weighted by atomic mass is 19.2. The lowest BCUT2D eigenvalue weighted by molar-refractivity contribution is -0.116. The van der Waals surface area contributed by atoms with Crippen LogP contribution in [0.1, 0.15) is 37.1 Å². The normalized spacial score (nSPS) is 13.6. The van der Waals surface area contributed by atoms with E-state index in [0.29, 0.717) is 17.1 Å². The second kappa shape index (κ2) is 8.69. The highest BCUT2D eigenvalue weighted by Crippen LogP contribution is 2.27. The summed E-state index contributed by atoms with van der Waals surface area (Å²) in [5.74, 6) is -1.30. The monoisotopic (exact) mass is 414 g/mol. The minimum atomic E-state index is -0.941. The summed E-state index contributed by atoms with van der Waals surface area (Å²) in [5.41, 5.74) is 1.25. The SMILES string of the molecule is O=C(CCc1ccc(F)c(F)c1)Nc1ccc(F)c(-c2nnc3n2CCCCC3)c1. The maximum absolute atomic E-state index is 14.5. The zero-order valence-electron chi connectivity index (χ0n) is 16.3. The number of nitrogens with one attached hydrogen (secondary N) is 1. The molecule has 0 saturated heterocycles. The highest BCUT2D eigenvalue weighted by molar-refractivity contribution is 5.91. The Kier molecular flexibility index (Phi) is 5.83. The molecule has 1 aliphatic heterocycles. The fraction of sp³-hybridized carbons (Fsp3) is 0.318. The number of aromatic nitrogens is 3. The van der Waals surface area contributed by atoms with Crippen molar-refractivity contribution in [3.63, 3.8) is 0 Å². The number of carbonyl (C=O) groups excluding carboxylic acids is 1. The smallest absolute Gasteiger partial charge is 0.224 e. The molecule has 3 aromatic rings. The van der Waals surface area contributed by atoms with E-state index in [4.69, 9.17) is 0 Å². The van der Waals surface area contributed by atoms with Crippen molar-refractivity contribution in [3.05, 3.63) is 65.2 Å². The van der Waals surface area contributed by atoms with Gasteiger partial charge in [0.2, 0.25) is 5.91 Å². The summed E-state index contributed by atoms with van der Waals surface area (Å²) in [6, 6.07) is 7.88. The maximum atomic E-state index is 14.5. The van der Waals surface area contributed by atoms with Gasteiger partial charge in [0.15, 0.2) is 17.5 Å². The molecule has 0 fully saturated rings. The molecule has 8 heteroatoms. The van der Waals surface area contributed by atoms with Gasteiger partial charge in [-0.25, -0.2) is 13.2 Å². The van der Waals surface area contributed by atoms with Crippen LogP contribution in [0.25, 0.3) is 11.4 Å². The maximum Gasteiger partial charge on any atom is 0.224 e. The standard InChI is InChI=1S/C22H21F3N4O/c23-17-9-7-15(26-21(30)10-6-14-5-8-18(24)19(25)12-14)13-16(17)22-28-27-20-4-2-1-3-11-29(20)22/h5,7-9,12-13H,1-4,6,10-11H2,(H,26,30). The third-order valence-corrected chi connectivity index (χ3v) is 5.23. The minimum absolute atomic E-state index is 0.0815. The molecule has 0 bridgehead atoms. The van der Waals surface area contributed by atoms with E-state index in [2.05, 4.69) is 15.5 Å². The van der Waals surface area contributed by atoms with E-state index >= 15 is 0 Å². The van der Waals surface area contributed by atoms with E-state index in [1.165, 1.54) is 18.2 Å². The first-order valence-electron chi connectivity index (χ1n) is 9.97. The molecule has 1 N–H and O–H groups in total. The van der Waals surface area contributed by atoms with Crippen molar-refractivity contribution >= 4 is 11.6 Å². The van der Waals surface area contributed by atoms with Gasteiger partial charge < -0.3 is 9.88 Å². The van der Waals surface area contributed by atoms with Crippen LogP contribution >= 0.6 is 0 Å². The van der Waals surface area contributed by atoms with Gasteiger partial charge in [-0.1, -0.05) is 12.5 Å². The largest absolute Gasteiger partial charge is 0.326 e. The number of aryl methyl sites for hydroxylation is 2. The molecular weight excluding hydrogens is 393 g/mol. The van der Waals surface area contributed by atoms with E-state index in [1.807, 2.05) is 4.57 Å². The predicted molar refractivity (Wildman–Crippen MR) is 106 cm³/mol. The van der Waals surface area contributed by atoms with Crippen LogP contribution in [-0.4, -0.2) is 20.7 Å². The van der Waals surface area contributed by atoms with Gasteiger partial charge >= 0.3 is 0 Å². The van der Waals surface area contributed by atoms with Crippen molar-refractivity contribution in [2.75, 3.05) is 5.32 Å². The van der Waals surface area contributed by atoms with Crippen LogP contribution in [-0.2, 0) is 24.2 Å². The predicted octanol–water partition coefficient (Wildman–Crippen LogP) is 4.66. The van der Waals surface area contributed by atoms with E-state index in [1.54, 1.807) is 6.07 Å². The van der Waals surface area contributed by atoms with Crippen molar-refractivity contribution in [1.29, 1.82) is 0 Å². The van der Waals surface area contributed by atoms with Crippen LogP contribution in [0.4, 0.5) is 18.9 Å². The van der Waals surface area contributed by atoms with E-state index < -0.39 is 17.5 Å². The number of anilines is 1. The summed E-state index contributed by atoms with van der Waals surface area (Å²) < 4.78 is 42.8. The topological polar surface area (TPSA) is 59.8 Å². The molecule has 30 heavy (non-hydrogen) atoms. The summed E-state index contributed by atoms with van der Waals surface area (Å²) in [6.45, 7) is 0.738. The number of hydrogen-bond acceptors (Lipinski definition) is 3. The number of fused-ring (bicyclic) bond motifs is 1. The number of nitrogens with zero attached hydrogens (tertiary/aromatic N) is 3. The van der Waals surface area contributed by atoms with Gasteiger partial charge in [0.25, 0.3) is 0 Å². The molecule has 4 rings (SSSR count). The Morgan fingerprint density at radius 1 is 0.967 bits per heavy atom. The molecule has 2 heterocycles. The molecule has 0 spiro atoms. The number of amides is 1. The molecule has 1 aliphatic rings. The molecule has 0 aliphatic carbocycles. The number of carbonyl (C=O) groups is 1. The van der Waals surface area contributed by atoms with Crippen LogP contribution < -0.4 is 5.32 Å². The second-order valence-corrected chi connectivity index (χ2v) is 7.39. The van der Waals surface area contributed by atoms with Crippen molar-refractivity contribution in [3.8, 4) is 11.4 Å². The zero-order chi connectivity index (χ0) is 21.1. The molecule has 0 atom stereocenters. The quantitative estimate of drug-likeness (QED) is 0.661. The van der Waals surface area contributed by atoms with Crippen LogP contribution in [0.5, 0.6) is 0 Å². The van der Waals surface area contributed by atoms with Crippen LogP contribution in [0.2, 0.25) is 0 Å². The molecule has 2 aromatic carbocycles. The van der Waals surface area contributed by atoms with Gasteiger partial charge in [-0.15, -0.1) is 10.2 Å². The fourth-order valence-corrected chi connectivity index (χ4v) is 3.64. The van der Waals surface area contributed by atoms with Gasteiger partial charge in [-0.3, -0.25) is 4.79 Å². The highest BCUT2D eigenvalue weighted by Gasteiger charge is 2.19. The van der Waals surface area contributed by atoms with E-state index in [0.717, 1.165) is 50.2 Å². The second-order valence-electron chi connectivity index (χ2n) is 7.39. The van der Waals surface area contributed by atoms with Crippen molar-refractivity contribution in [2.45, 2.75) is 45.1 Å². The number of halogens is 3. The third kappa shape index (κ3) is 4.37. The van der Waals surface area contributed by atoms with Crippen LogP contribution in [0, 0.1) is 17.5 Å². The van der Waals surface area contributed by atoms with Crippen LogP contribution in [0.3, 0.4) is 0 Å². The molecule has 156 valence electrons. The summed E-state index contributed by atoms with van der Waals surface area (Å²) in [5, 5.41) is 11.1. The summed E-state index contributed by atoms with van der Waals surface area (Å²) in [7, 11) is 0. The third-order valence-electron chi connectivity index (χ3n) is 5.23. The zero-order valence-corrected chi connectivity index (χ0v) is 16.3. The van der Waals surface area contributed by atoms with Gasteiger partial charge in [0, 0.05) is 25.1 Å². The fourth-order valence-electron chi connectivity index (χ4n) is 3.64. The first-order chi connectivity index (χ1) is 14.5. The minimum Gasteiger partial charge on any atom is -0.326 e. The first kappa shape index (κ1) is 20.1. The Morgan fingerprint density at radius 3 is 2.63 bits per heavy atom. The van der Waals surface area contributed by atoms with Gasteiger partial charge in [0.05, 0.1) is 5.56 Å². The Balaban J connectivity index is 1.47. The summed E-state index contributed by atoms with van der Waals surface area (Å²) in [6.07, 6.45) is 4.27. The lowest BCUT2D eigenvalue weighted by Crippen LogP contribution is -2.13. The molecule has 1 amide bonds. The molecule has 1 aromatic heterocycles. The van der Waals surface area contributed by atoms with E-state index in [9.17, 15) is 18.0 Å². The Morgan fingerprint density at radius 2 is 1.80 bits per heavy atom. The van der Waals surface area contributed by atoms with Gasteiger partial charge in [-0.05, 0) is 55.2 Å². The number of hydrogen-bond donors (Lipinski definition) is 1. The van der Waals surface area contributed by atoms with E-state index in [-0.39, 0.29) is 24.3 Å². The van der Waals surface area contributed by atoms with Crippen molar-refractivity contribution < 1.29 is 18.0 Å². The molecule has 0 unspecified atom stereocenters. The lowest BCUT2D eigenvalue weighted by Gasteiger charge is -2.10. The summed E-state index contributed by atoms with van der Waals surface area (Å²) in [4.78, 5) is 12.3. The van der Waals surface area contributed by atoms with Crippen molar-refractivity contribution in [2.24, 2.45) is 0 Å². The Labute approximate surface area is 171 Å². The average Bonchev–Trinajstić information content (AvgIpc) is 2.98. The molecule has 5 nitrogen and oxygen atoms in total. The molecular formula is C22H21F3N4O. The average molecular weight is 414 g/mol. The van der Waals surface area contributed by atoms with Gasteiger partial charge in [0.1, 0.15) is 11.6 Å². The lowest BCUT2D eigenvalue weighted by atomic mass is 10.1. The van der Waals surface area contributed by atoms with Crippen molar-refractivity contribution in [1.82, 2.24) is 14.8 Å². The number of rotatable bonds is 5. The van der Waals surface area contributed by atoms with Crippen LogP contribution in [0.15, 0.2) is 36.4 Å². The summed E-state index contributed by atoms with van der Waals surface area (Å²) >= 11 is 0. The first-order valence-corrected chi connectivity index (χ1v) is 9.97. The molecule has 0 radical (unpaired) electrons. The number of benzene rings is 2. The molecule has 0 saturated carbocycles. The Hall–Kier alpha value is -3.16. The van der Waals surface area contributed by atoms with Gasteiger partial charge in [-0.2, -0.15) is 0 Å².